The van der Waals surface area contributed by atoms with Crippen LogP contribution in [-0.4, -0.2) is 45.2 Å². The van der Waals surface area contributed by atoms with E-state index in [4.69, 9.17) is 5.73 Å². The average molecular weight is 318 g/mol. The Morgan fingerprint density at radius 2 is 2.00 bits per heavy atom. The Morgan fingerprint density at radius 3 is 2.55 bits per heavy atom. The van der Waals surface area contributed by atoms with Crippen LogP contribution < -0.4 is 5.73 Å². The summed E-state index contributed by atoms with van der Waals surface area (Å²) in [5, 5.41) is 0. The normalized spacial score (nSPS) is 23.6. The highest BCUT2D eigenvalue weighted by atomic mass is 32.2. The molecule has 1 fully saturated rings. The number of rotatable bonds is 2. The van der Waals surface area contributed by atoms with Crippen molar-refractivity contribution in [1.82, 2.24) is 4.31 Å². The first-order chi connectivity index (χ1) is 9.13. The molecule has 2 N–H and O–H groups in total. The number of benzene rings is 1. The predicted octanol–water partition coefficient (Wildman–Crippen LogP) is 0.385. The third kappa shape index (κ3) is 2.82. The van der Waals surface area contributed by atoms with Gasteiger partial charge in [0.2, 0.25) is 10.0 Å². The van der Waals surface area contributed by atoms with E-state index in [2.05, 4.69) is 0 Å². The maximum atomic E-state index is 12.5. The van der Waals surface area contributed by atoms with Gasteiger partial charge in [-0.05, 0) is 31.5 Å². The van der Waals surface area contributed by atoms with Gasteiger partial charge in [-0.2, -0.15) is 4.31 Å². The summed E-state index contributed by atoms with van der Waals surface area (Å²) >= 11 is 0. The Bertz CT molecular complexity index is 726. The lowest BCUT2D eigenvalue weighted by atomic mass is 10.2. The summed E-state index contributed by atoms with van der Waals surface area (Å²) in [5.41, 5.74) is 6.96. The van der Waals surface area contributed by atoms with Gasteiger partial charge in [0.15, 0.2) is 9.84 Å². The number of hydrogen-bond donors (Lipinski definition) is 1. The minimum Gasteiger partial charge on any atom is -0.398 e. The molecule has 0 saturated carbocycles. The smallest absolute Gasteiger partial charge is 0.243 e. The van der Waals surface area contributed by atoms with Crippen LogP contribution in [0.15, 0.2) is 23.1 Å². The number of nitrogens with zero attached hydrogens (tertiary/aromatic N) is 1. The molecule has 0 bridgehead atoms. The zero-order valence-electron chi connectivity index (χ0n) is 11.4. The van der Waals surface area contributed by atoms with Crippen LogP contribution in [0.3, 0.4) is 0 Å². The van der Waals surface area contributed by atoms with Gasteiger partial charge >= 0.3 is 0 Å². The first kappa shape index (κ1) is 15.3. The summed E-state index contributed by atoms with van der Waals surface area (Å²) in [5.74, 6) is -0.286. The Hall–Kier alpha value is -1.12. The molecule has 112 valence electrons. The van der Waals surface area contributed by atoms with Crippen molar-refractivity contribution in [3.05, 3.63) is 23.8 Å². The third-order valence-corrected chi connectivity index (χ3v) is 7.27. The van der Waals surface area contributed by atoms with Crippen molar-refractivity contribution in [2.24, 2.45) is 0 Å². The topological polar surface area (TPSA) is 97.5 Å². The van der Waals surface area contributed by atoms with Crippen molar-refractivity contribution in [2.75, 3.05) is 23.8 Å². The Morgan fingerprint density at radius 1 is 1.35 bits per heavy atom. The number of hydrogen-bond acceptors (Lipinski definition) is 5. The van der Waals surface area contributed by atoms with Gasteiger partial charge in [0.1, 0.15) is 0 Å². The number of nitrogens with two attached hydrogens (primary N) is 1. The Kier molecular flexibility index (Phi) is 3.83. The molecule has 1 atom stereocenters. The number of nitrogen functional groups attached to an aromatic ring is 1. The molecule has 1 aromatic carbocycles. The summed E-state index contributed by atoms with van der Waals surface area (Å²) in [7, 11) is -6.86. The fourth-order valence-electron chi connectivity index (χ4n) is 2.25. The van der Waals surface area contributed by atoms with E-state index in [1.54, 1.807) is 19.9 Å². The first-order valence-corrected chi connectivity index (χ1v) is 9.48. The van der Waals surface area contributed by atoms with Crippen LogP contribution in [0.4, 0.5) is 5.69 Å². The second-order valence-corrected chi connectivity index (χ2v) is 9.22. The zero-order chi connectivity index (χ0) is 15.1. The molecule has 6 nitrogen and oxygen atoms in total. The van der Waals surface area contributed by atoms with Crippen LogP contribution in [0.1, 0.15) is 12.5 Å². The van der Waals surface area contributed by atoms with Crippen LogP contribution in [-0.2, 0) is 19.9 Å². The van der Waals surface area contributed by atoms with Gasteiger partial charge in [0.25, 0.3) is 0 Å². The molecule has 0 aliphatic carbocycles. The molecule has 1 aliphatic heterocycles. The lowest BCUT2D eigenvalue weighted by Gasteiger charge is -2.32. The molecular formula is C12H18N2O4S2. The molecule has 1 unspecified atom stereocenters. The molecule has 0 amide bonds. The van der Waals surface area contributed by atoms with Crippen LogP contribution in [0.25, 0.3) is 0 Å². The Labute approximate surface area is 119 Å². The van der Waals surface area contributed by atoms with E-state index in [9.17, 15) is 16.8 Å². The number of sulfone groups is 1. The van der Waals surface area contributed by atoms with E-state index in [0.29, 0.717) is 5.69 Å². The van der Waals surface area contributed by atoms with E-state index < -0.39 is 25.9 Å². The first-order valence-electron chi connectivity index (χ1n) is 6.22. The summed E-state index contributed by atoms with van der Waals surface area (Å²) < 4.78 is 49.4. The lowest BCUT2D eigenvalue weighted by molar-refractivity contribution is 0.357. The predicted molar refractivity (Wildman–Crippen MR) is 77.6 cm³/mol. The highest BCUT2D eigenvalue weighted by molar-refractivity contribution is 7.92. The lowest BCUT2D eigenvalue weighted by Crippen LogP contribution is -2.49. The summed E-state index contributed by atoms with van der Waals surface area (Å²) in [6, 6.07) is 3.99. The minimum absolute atomic E-state index is 0.0143. The van der Waals surface area contributed by atoms with Crippen molar-refractivity contribution in [1.29, 1.82) is 0 Å². The fraction of sp³-hybridized carbons (Fsp3) is 0.500. The van der Waals surface area contributed by atoms with Gasteiger partial charge < -0.3 is 5.73 Å². The molecule has 1 heterocycles. The molecule has 0 aromatic heterocycles. The molecule has 1 aliphatic rings. The van der Waals surface area contributed by atoms with Gasteiger partial charge in [0, 0.05) is 18.3 Å². The maximum absolute atomic E-state index is 12.5. The van der Waals surface area contributed by atoms with Gasteiger partial charge in [-0.25, -0.2) is 16.8 Å². The van der Waals surface area contributed by atoms with E-state index in [1.165, 1.54) is 16.4 Å². The molecular weight excluding hydrogens is 300 g/mol. The molecule has 2 rings (SSSR count). The Balaban J connectivity index is 2.38. The maximum Gasteiger partial charge on any atom is 0.243 e. The van der Waals surface area contributed by atoms with E-state index in [1.807, 2.05) is 0 Å². The standard InChI is InChI=1S/C12H18N2O4S2/c1-9-3-4-11(7-12(9)13)20(17,18)14-5-6-19(15,16)8-10(14)2/h3-4,7,10H,5-6,8,13H2,1-2H3. The van der Waals surface area contributed by atoms with Crippen molar-refractivity contribution >= 4 is 25.5 Å². The minimum atomic E-state index is -3.71. The van der Waals surface area contributed by atoms with Crippen LogP contribution >= 0.6 is 0 Å². The van der Waals surface area contributed by atoms with Crippen LogP contribution in [0.2, 0.25) is 0 Å². The van der Waals surface area contributed by atoms with Gasteiger partial charge in [0.05, 0.1) is 16.4 Å². The van der Waals surface area contributed by atoms with E-state index >= 15 is 0 Å². The molecule has 0 spiro atoms. The van der Waals surface area contributed by atoms with Gasteiger partial charge in [-0.15, -0.1) is 0 Å². The largest absolute Gasteiger partial charge is 0.398 e. The highest BCUT2D eigenvalue weighted by Crippen LogP contribution is 2.24. The van der Waals surface area contributed by atoms with Crippen LogP contribution in [0.5, 0.6) is 0 Å². The van der Waals surface area contributed by atoms with Crippen molar-refractivity contribution < 1.29 is 16.8 Å². The fourth-order valence-corrected chi connectivity index (χ4v) is 5.69. The summed E-state index contributed by atoms with van der Waals surface area (Å²) in [4.78, 5) is 0.103. The second kappa shape index (κ2) is 5.01. The van der Waals surface area contributed by atoms with E-state index in [0.717, 1.165) is 5.56 Å². The molecule has 1 aromatic rings. The van der Waals surface area contributed by atoms with E-state index in [-0.39, 0.29) is 22.9 Å². The molecule has 20 heavy (non-hydrogen) atoms. The molecule has 8 heteroatoms. The number of anilines is 1. The van der Waals surface area contributed by atoms with Crippen molar-refractivity contribution in [2.45, 2.75) is 24.8 Å². The molecule has 1 saturated heterocycles. The summed E-state index contributed by atoms with van der Waals surface area (Å²) in [6.07, 6.45) is 0. The SMILES string of the molecule is Cc1ccc(S(=O)(=O)N2CCS(=O)(=O)CC2C)cc1N. The second-order valence-electron chi connectivity index (χ2n) is 5.10. The highest BCUT2D eigenvalue weighted by Gasteiger charge is 2.36. The zero-order valence-corrected chi connectivity index (χ0v) is 13.0. The number of aryl methyl sites for hydroxylation is 1. The monoisotopic (exact) mass is 318 g/mol. The van der Waals surface area contributed by atoms with Crippen molar-refractivity contribution in [3.63, 3.8) is 0 Å². The third-order valence-electron chi connectivity index (χ3n) is 3.47. The quantitative estimate of drug-likeness (QED) is 0.795. The molecule has 0 radical (unpaired) electrons. The van der Waals surface area contributed by atoms with Gasteiger partial charge in [-0.1, -0.05) is 6.07 Å². The average Bonchev–Trinajstić information content (AvgIpc) is 2.30. The van der Waals surface area contributed by atoms with Gasteiger partial charge in [-0.3, -0.25) is 0 Å². The summed E-state index contributed by atoms with van der Waals surface area (Å²) in [6.45, 7) is 3.38. The van der Waals surface area contributed by atoms with Crippen LogP contribution in [0, 0.1) is 6.92 Å². The van der Waals surface area contributed by atoms with Crippen molar-refractivity contribution in [3.8, 4) is 0 Å². The number of sulfonamides is 1.